The number of hydrogen-bond acceptors (Lipinski definition) is 4. The van der Waals surface area contributed by atoms with Crippen molar-refractivity contribution in [2.45, 2.75) is 24.3 Å². The predicted molar refractivity (Wildman–Crippen MR) is 92.2 cm³/mol. The lowest BCUT2D eigenvalue weighted by molar-refractivity contribution is 0.171. The normalized spacial score (nSPS) is 14.5. The summed E-state index contributed by atoms with van der Waals surface area (Å²) in [6.45, 7) is 4.46. The molecule has 128 valence electrons. The van der Waals surface area contributed by atoms with Gasteiger partial charge in [0.05, 0.1) is 10.4 Å². The molecule has 0 fully saturated rings. The van der Waals surface area contributed by atoms with Gasteiger partial charge in [-0.1, -0.05) is 23.7 Å². The SMILES string of the molecule is CC(C)(NS(=O)(=O)c1ccc2c(c1)OCCO2)c1ccc(Cl)cc1. The number of nitrogens with one attached hydrogen (secondary N) is 1. The van der Waals surface area contributed by atoms with Crippen LogP contribution in [0.1, 0.15) is 19.4 Å². The number of rotatable bonds is 4. The summed E-state index contributed by atoms with van der Waals surface area (Å²) in [5.74, 6) is 0.991. The van der Waals surface area contributed by atoms with Crippen LogP contribution < -0.4 is 14.2 Å². The van der Waals surface area contributed by atoms with Crippen LogP contribution in [0.2, 0.25) is 5.02 Å². The first-order chi connectivity index (χ1) is 11.3. The number of benzene rings is 2. The fraction of sp³-hybridized carbons (Fsp3) is 0.294. The van der Waals surface area contributed by atoms with E-state index in [1.165, 1.54) is 12.1 Å². The van der Waals surface area contributed by atoms with Crippen LogP contribution in [0.4, 0.5) is 0 Å². The van der Waals surface area contributed by atoms with E-state index in [2.05, 4.69) is 4.72 Å². The minimum Gasteiger partial charge on any atom is -0.486 e. The Morgan fingerprint density at radius 3 is 2.29 bits per heavy atom. The summed E-state index contributed by atoms with van der Waals surface area (Å²) < 4.78 is 39.1. The first-order valence-corrected chi connectivity index (χ1v) is 9.34. The molecule has 24 heavy (non-hydrogen) atoms. The van der Waals surface area contributed by atoms with Gasteiger partial charge in [0.1, 0.15) is 13.2 Å². The van der Waals surface area contributed by atoms with E-state index in [1.807, 2.05) is 0 Å². The van der Waals surface area contributed by atoms with E-state index in [-0.39, 0.29) is 4.90 Å². The molecular weight excluding hydrogens is 350 g/mol. The van der Waals surface area contributed by atoms with Crippen LogP contribution in [0.15, 0.2) is 47.4 Å². The molecule has 0 radical (unpaired) electrons. The van der Waals surface area contributed by atoms with E-state index in [9.17, 15) is 8.42 Å². The number of halogens is 1. The molecular formula is C17H18ClNO4S. The van der Waals surface area contributed by atoms with Crippen molar-refractivity contribution in [1.29, 1.82) is 0 Å². The number of ether oxygens (including phenoxy) is 2. The molecule has 2 aromatic carbocycles. The minimum atomic E-state index is -3.73. The van der Waals surface area contributed by atoms with Crippen molar-refractivity contribution in [3.8, 4) is 11.5 Å². The first kappa shape index (κ1) is 17.1. The highest BCUT2D eigenvalue weighted by Gasteiger charge is 2.29. The Kier molecular flexibility index (Phi) is 4.46. The molecule has 3 rings (SSSR count). The highest BCUT2D eigenvalue weighted by Crippen LogP contribution is 2.33. The Hall–Kier alpha value is -1.76. The Balaban J connectivity index is 1.89. The number of sulfonamides is 1. The second-order valence-corrected chi connectivity index (χ2v) is 8.16. The molecule has 0 aromatic heterocycles. The Labute approximate surface area is 146 Å². The Bertz CT molecular complexity index is 847. The molecule has 0 unspecified atom stereocenters. The van der Waals surface area contributed by atoms with Crippen molar-refractivity contribution in [2.24, 2.45) is 0 Å². The minimum absolute atomic E-state index is 0.133. The van der Waals surface area contributed by atoms with E-state index < -0.39 is 15.6 Å². The summed E-state index contributed by atoms with van der Waals surface area (Å²) in [6, 6.07) is 11.7. The molecule has 1 N–H and O–H groups in total. The summed E-state index contributed by atoms with van der Waals surface area (Å²) in [6.07, 6.45) is 0. The van der Waals surface area contributed by atoms with Gasteiger partial charge in [-0.05, 0) is 43.7 Å². The van der Waals surface area contributed by atoms with Crippen molar-refractivity contribution in [3.63, 3.8) is 0 Å². The van der Waals surface area contributed by atoms with Gasteiger partial charge in [-0.25, -0.2) is 13.1 Å². The van der Waals surface area contributed by atoms with Gasteiger partial charge in [0.25, 0.3) is 0 Å². The second kappa shape index (κ2) is 6.27. The van der Waals surface area contributed by atoms with E-state index >= 15 is 0 Å². The van der Waals surface area contributed by atoms with Crippen LogP contribution in [0.3, 0.4) is 0 Å². The first-order valence-electron chi connectivity index (χ1n) is 7.48. The van der Waals surface area contributed by atoms with Crippen LogP contribution >= 0.6 is 11.6 Å². The fourth-order valence-electron chi connectivity index (χ4n) is 2.51. The van der Waals surface area contributed by atoms with E-state index in [0.29, 0.717) is 29.7 Å². The van der Waals surface area contributed by atoms with Crippen LogP contribution in [0.25, 0.3) is 0 Å². The third-order valence-corrected chi connectivity index (χ3v) is 5.68. The molecule has 1 aliphatic heterocycles. The third-order valence-electron chi connectivity index (χ3n) is 3.78. The number of hydrogen-bond donors (Lipinski definition) is 1. The van der Waals surface area contributed by atoms with Crippen LogP contribution in [-0.2, 0) is 15.6 Å². The molecule has 1 aliphatic rings. The molecule has 0 spiro atoms. The average molecular weight is 368 g/mol. The smallest absolute Gasteiger partial charge is 0.241 e. The molecule has 7 heteroatoms. The lowest BCUT2D eigenvalue weighted by atomic mass is 9.96. The molecule has 0 saturated heterocycles. The quantitative estimate of drug-likeness (QED) is 0.900. The van der Waals surface area contributed by atoms with E-state index in [1.54, 1.807) is 44.2 Å². The van der Waals surface area contributed by atoms with Gasteiger partial charge >= 0.3 is 0 Å². The van der Waals surface area contributed by atoms with Gasteiger partial charge < -0.3 is 9.47 Å². The van der Waals surface area contributed by atoms with Gasteiger partial charge in [-0.15, -0.1) is 0 Å². The lowest BCUT2D eigenvalue weighted by Gasteiger charge is -2.27. The Morgan fingerprint density at radius 1 is 1.00 bits per heavy atom. The summed E-state index contributed by atoms with van der Waals surface area (Å²) in [7, 11) is -3.73. The van der Waals surface area contributed by atoms with Crippen molar-refractivity contribution in [3.05, 3.63) is 53.1 Å². The zero-order chi connectivity index (χ0) is 17.4. The van der Waals surface area contributed by atoms with Crippen molar-refractivity contribution in [1.82, 2.24) is 4.72 Å². The molecule has 0 saturated carbocycles. The third kappa shape index (κ3) is 3.50. The summed E-state index contributed by atoms with van der Waals surface area (Å²) >= 11 is 5.89. The average Bonchev–Trinajstić information content (AvgIpc) is 2.54. The van der Waals surface area contributed by atoms with Crippen molar-refractivity contribution in [2.75, 3.05) is 13.2 Å². The monoisotopic (exact) mass is 367 g/mol. The molecule has 0 bridgehead atoms. The van der Waals surface area contributed by atoms with E-state index in [0.717, 1.165) is 5.56 Å². The van der Waals surface area contributed by atoms with Crippen LogP contribution in [0, 0.1) is 0 Å². The Morgan fingerprint density at radius 2 is 1.62 bits per heavy atom. The van der Waals surface area contributed by atoms with Gasteiger partial charge in [0.15, 0.2) is 11.5 Å². The molecule has 2 aromatic rings. The maximum atomic E-state index is 12.7. The lowest BCUT2D eigenvalue weighted by Crippen LogP contribution is -2.40. The highest BCUT2D eigenvalue weighted by atomic mass is 35.5. The molecule has 0 aliphatic carbocycles. The predicted octanol–water partition coefficient (Wildman–Crippen LogP) is 3.32. The van der Waals surface area contributed by atoms with Gasteiger partial charge in [-0.3, -0.25) is 0 Å². The van der Waals surface area contributed by atoms with Gasteiger partial charge in [-0.2, -0.15) is 0 Å². The second-order valence-electron chi connectivity index (χ2n) is 6.04. The van der Waals surface area contributed by atoms with Gasteiger partial charge in [0.2, 0.25) is 10.0 Å². The molecule has 0 amide bonds. The maximum Gasteiger partial charge on any atom is 0.241 e. The van der Waals surface area contributed by atoms with Crippen molar-refractivity contribution >= 4 is 21.6 Å². The summed E-state index contributed by atoms with van der Waals surface area (Å²) in [4.78, 5) is 0.133. The zero-order valence-electron chi connectivity index (χ0n) is 13.4. The maximum absolute atomic E-state index is 12.7. The largest absolute Gasteiger partial charge is 0.486 e. The van der Waals surface area contributed by atoms with Crippen LogP contribution in [0.5, 0.6) is 11.5 Å². The molecule has 1 heterocycles. The highest BCUT2D eigenvalue weighted by molar-refractivity contribution is 7.89. The summed E-state index contributed by atoms with van der Waals surface area (Å²) in [5.41, 5.74) is 0.0180. The van der Waals surface area contributed by atoms with E-state index in [4.69, 9.17) is 21.1 Å². The standard InChI is InChI=1S/C17H18ClNO4S/c1-17(2,12-3-5-13(18)6-4-12)19-24(20,21)14-7-8-15-16(11-14)23-10-9-22-15/h3-8,11,19H,9-10H2,1-2H3. The molecule has 0 atom stereocenters. The zero-order valence-corrected chi connectivity index (χ0v) is 14.9. The topological polar surface area (TPSA) is 64.6 Å². The number of fused-ring (bicyclic) bond motifs is 1. The van der Waals surface area contributed by atoms with Gasteiger partial charge in [0, 0.05) is 11.1 Å². The van der Waals surface area contributed by atoms with Crippen molar-refractivity contribution < 1.29 is 17.9 Å². The van der Waals surface area contributed by atoms with Crippen LogP contribution in [-0.4, -0.2) is 21.6 Å². The fourth-order valence-corrected chi connectivity index (χ4v) is 4.05. The summed E-state index contributed by atoms with van der Waals surface area (Å²) in [5, 5.41) is 0.601. The molecule has 5 nitrogen and oxygen atoms in total.